The Hall–Kier alpha value is 2.41. The topological polar surface area (TPSA) is 0 Å². The summed E-state index contributed by atoms with van der Waals surface area (Å²) in [6.45, 7) is 2.22. The molecule has 0 amide bonds. The van der Waals surface area contributed by atoms with Gasteiger partial charge in [0.2, 0.25) is 0 Å². The minimum absolute atomic E-state index is 0.530. The third-order valence-corrected chi connectivity index (χ3v) is 1.50. The summed E-state index contributed by atoms with van der Waals surface area (Å²) in [6, 6.07) is 1.46. The second-order valence-corrected chi connectivity index (χ2v) is 18.3. The predicted octanol–water partition coefficient (Wildman–Crippen LogP) is -1.04. The Morgan fingerprint density at radius 3 is 1.71 bits per heavy atom. The molecule has 0 aromatic rings. The summed E-state index contributed by atoms with van der Waals surface area (Å²) in [7, 11) is 1.39. The van der Waals surface area contributed by atoms with Crippen LogP contribution < -0.4 is 13.3 Å². The summed E-state index contributed by atoms with van der Waals surface area (Å²) in [4.78, 5) is 0. The van der Waals surface area contributed by atoms with Gasteiger partial charge in [-0.25, -0.2) is 0 Å². The van der Waals surface area contributed by atoms with Crippen molar-refractivity contribution in [2.75, 3.05) is 0 Å². The molecule has 0 bridgehead atoms. The molecule has 0 saturated heterocycles. The van der Waals surface area contributed by atoms with Gasteiger partial charge in [0.25, 0.3) is 0 Å². The molecule has 0 aliphatic rings. The fourth-order valence-electron chi connectivity index (χ4n) is 0. The number of halogens is 3. The average Bonchev–Trinajstić information content (AvgIpc) is 1.69. The number of rotatable bonds is 1. The van der Waals surface area contributed by atoms with Crippen LogP contribution in [0, 0.1) is 0 Å². The van der Waals surface area contributed by atoms with Crippen LogP contribution in [-0.4, -0.2) is 10.2 Å². The van der Waals surface area contributed by atoms with Crippen molar-refractivity contribution in [1.29, 1.82) is 0 Å². The van der Waals surface area contributed by atoms with Crippen molar-refractivity contribution in [3.05, 3.63) is 0 Å². The molecule has 0 heterocycles. The Bertz CT molecular complexity index is 17.7. The SMILES string of the molecule is CCC[SiH3].I[I-]I. The zero-order valence-corrected chi connectivity index (χ0v) is 13.0. The summed E-state index contributed by atoms with van der Waals surface area (Å²) in [5.74, 6) is 0. The van der Waals surface area contributed by atoms with Gasteiger partial charge in [-0.3, -0.25) is 0 Å². The maximum absolute atomic E-state index is 2.39. The maximum atomic E-state index is 2.39. The van der Waals surface area contributed by atoms with Crippen LogP contribution in [0.5, 0.6) is 0 Å². The van der Waals surface area contributed by atoms with Crippen molar-refractivity contribution in [2.45, 2.75) is 19.4 Å². The molecule has 0 nitrogen and oxygen atoms in total. The summed E-state index contributed by atoms with van der Waals surface area (Å²) >= 11 is 5.30. The number of hydrogen-bond acceptors (Lipinski definition) is 0. The van der Waals surface area contributed by atoms with E-state index in [4.69, 9.17) is 0 Å². The van der Waals surface area contributed by atoms with E-state index < -0.39 is 0 Å². The molecule has 0 aromatic carbocycles. The second kappa shape index (κ2) is 15.8. The Morgan fingerprint density at radius 2 is 1.71 bits per heavy atom. The molecule has 0 rings (SSSR count). The summed E-state index contributed by atoms with van der Waals surface area (Å²) in [5.41, 5.74) is 0. The fraction of sp³-hybridized carbons (Fsp3) is 1.00. The van der Waals surface area contributed by atoms with E-state index >= 15 is 0 Å². The minimum atomic E-state index is 0.530. The van der Waals surface area contributed by atoms with Crippen LogP contribution in [0.25, 0.3) is 0 Å². The fourth-order valence-corrected chi connectivity index (χ4v) is 0. The Morgan fingerprint density at radius 1 is 1.57 bits per heavy atom. The molecule has 0 fully saturated rings. The van der Waals surface area contributed by atoms with Gasteiger partial charge in [-0.15, -0.1) is 0 Å². The standard InChI is InChI=1S/C3H10Si.I3/c1-2-3-4;1-3-2/h2-3H2,1,4H3;/q;-1. The third-order valence-electron chi connectivity index (χ3n) is 0.500. The van der Waals surface area contributed by atoms with E-state index in [0.29, 0.717) is 13.3 Å². The molecule has 7 heavy (non-hydrogen) atoms. The molecule has 0 aliphatic heterocycles. The Labute approximate surface area is 78.6 Å². The molecule has 0 unspecified atom stereocenters. The molecular weight excluding hydrogens is 445 g/mol. The normalized spacial score (nSPS) is 7.86. The monoisotopic (exact) mass is 455 g/mol. The molecule has 0 saturated carbocycles. The molecule has 48 valence electrons. The Kier molecular flexibility index (Phi) is 27.3. The van der Waals surface area contributed by atoms with Gasteiger partial charge in [0.1, 0.15) is 0 Å². The van der Waals surface area contributed by atoms with Crippen LogP contribution in [0.1, 0.15) is 13.3 Å². The van der Waals surface area contributed by atoms with Crippen molar-refractivity contribution in [3.63, 3.8) is 0 Å². The van der Waals surface area contributed by atoms with Crippen molar-refractivity contribution < 1.29 is 13.3 Å². The van der Waals surface area contributed by atoms with Crippen LogP contribution in [0.3, 0.4) is 0 Å². The van der Waals surface area contributed by atoms with Gasteiger partial charge in [-0.05, 0) is 0 Å². The molecule has 0 radical (unpaired) electrons. The van der Waals surface area contributed by atoms with Crippen LogP contribution in [-0.2, 0) is 0 Å². The van der Waals surface area contributed by atoms with E-state index in [9.17, 15) is 0 Å². The van der Waals surface area contributed by atoms with E-state index in [2.05, 4.69) is 44.2 Å². The summed E-state index contributed by atoms with van der Waals surface area (Å²) in [6.07, 6.45) is 1.38. The molecule has 4 heteroatoms. The van der Waals surface area contributed by atoms with Crippen molar-refractivity contribution >= 4 is 47.5 Å². The first-order valence-electron chi connectivity index (χ1n) is 2.20. The van der Waals surface area contributed by atoms with Gasteiger partial charge in [0.15, 0.2) is 0 Å². The first-order valence-corrected chi connectivity index (χ1v) is 16.2. The summed E-state index contributed by atoms with van der Waals surface area (Å²) in [5, 5.41) is 0. The van der Waals surface area contributed by atoms with E-state index in [0.717, 1.165) is 0 Å². The van der Waals surface area contributed by atoms with Crippen LogP contribution in [0.4, 0.5) is 0 Å². The van der Waals surface area contributed by atoms with E-state index in [1.165, 1.54) is 22.7 Å². The van der Waals surface area contributed by atoms with Gasteiger partial charge in [0.05, 0.1) is 0 Å². The Balaban J connectivity index is 0. The van der Waals surface area contributed by atoms with Crippen molar-refractivity contribution in [3.8, 4) is 0 Å². The molecule has 0 atom stereocenters. The molecule has 0 aliphatic carbocycles. The third kappa shape index (κ3) is 29.7. The van der Waals surface area contributed by atoms with Gasteiger partial charge < -0.3 is 0 Å². The van der Waals surface area contributed by atoms with Gasteiger partial charge in [0, 0.05) is 10.2 Å². The van der Waals surface area contributed by atoms with E-state index in [-0.39, 0.29) is 0 Å². The first kappa shape index (κ1) is 12.1. The van der Waals surface area contributed by atoms with Gasteiger partial charge in [-0.1, -0.05) is 19.4 Å². The van der Waals surface area contributed by atoms with E-state index in [1.807, 2.05) is 0 Å². The van der Waals surface area contributed by atoms with Crippen LogP contribution >= 0.6 is 37.2 Å². The molecule has 0 spiro atoms. The molecular formula is C3H10I3Si-. The van der Waals surface area contributed by atoms with Crippen LogP contribution in [0.15, 0.2) is 0 Å². The van der Waals surface area contributed by atoms with Gasteiger partial charge in [-0.2, -0.15) is 0 Å². The summed E-state index contributed by atoms with van der Waals surface area (Å²) < 4.78 is 0. The van der Waals surface area contributed by atoms with Crippen LogP contribution in [0.2, 0.25) is 6.04 Å². The molecule has 0 aromatic heterocycles. The zero-order valence-electron chi connectivity index (χ0n) is 4.55. The quantitative estimate of drug-likeness (QED) is 0.351. The molecule has 0 N–H and O–H groups in total. The first-order chi connectivity index (χ1) is 3.33. The second-order valence-electron chi connectivity index (χ2n) is 1.05. The van der Waals surface area contributed by atoms with E-state index in [1.54, 1.807) is 0 Å². The predicted molar refractivity (Wildman–Crippen MR) is 53.1 cm³/mol. The zero-order chi connectivity index (χ0) is 6.12. The van der Waals surface area contributed by atoms with Crippen molar-refractivity contribution in [1.82, 2.24) is 0 Å². The van der Waals surface area contributed by atoms with Crippen molar-refractivity contribution in [2.24, 2.45) is 0 Å². The average molecular weight is 455 g/mol. The van der Waals surface area contributed by atoms with Gasteiger partial charge >= 0.3 is 50.5 Å². The number of hydrogen-bond donors (Lipinski definition) is 0.